The molecule has 1 aromatic carbocycles. The van der Waals surface area contributed by atoms with Crippen molar-refractivity contribution < 1.29 is 4.79 Å². The molecule has 5 rings (SSSR count). The number of carbonyl (C=O) groups is 1. The van der Waals surface area contributed by atoms with Crippen molar-refractivity contribution in [3.8, 4) is 10.4 Å². The average molecular weight is 403 g/mol. The third kappa shape index (κ3) is 3.13. The molecule has 4 heterocycles. The fourth-order valence-electron chi connectivity index (χ4n) is 4.23. The Morgan fingerprint density at radius 2 is 2.10 bits per heavy atom. The van der Waals surface area contributed by atoms with E-state index in [0.29, 0.717) is 0 Å². The van der Waals surface area contributed by atoms with Gasteiger partial charge in [-0.2, -0.15) is 5.10 Å². The molecule has 5 nitrogen and oxygen atoms in total. The Bertz CT molecular complexity index is 1210. The summed E-state index contributed by atoms with van der Waals surface area (Å²) in [5, 5.41) is 7.77. The fourth-order valence-corrected chi connectivity index (χ4v) is 4.99. The smallest absolute Gasteiger partial charge is 0.248 e. The van der Waals surface area contributed by atoms with E-state index >= 15 is 0 Å². The van der Waals surface area contributed by atoms with Crippen molar-refractivity contribution in [2.24, 2.45) is 0 Å². The van der Waals surface area contributed by atoms with Gasteiger partial charge in [0.25, 0.3) is 0 Å². The number of hydrogen-bond donors (Lipinski definition) is 0. The molecule has 4 aromatic rings. The summed E-state index contributed by atoms with van der Waals surface area (Å²) in [7, 11) is 0. The van der Waals surface area contributed by atoms with Gasteiger partial charge >= 0.3 is 0 Å². The maximum Gasteiger partial charge on any atom is 0.248 e. The van der Waals surface area contributed by atoms with E-state index in [9.17, 15) is 4.79 Å². The van der Waals surface area contributed by atoms with Crippen molar-refractivity contribution in [3.05, 3.63) is 64.8 Å². The van der Waals surface area contributed by atoms with Gasteiger partial charge in [0.15, 0.2) is 5.65 Å². The highest BCUT2D eigenvalue weighted by molar-refractivity contribution is 7.13. The maximum absolute atomic E-state index is 13.2. The molecule has 0 radical (unpaired) electrons. The maximum atomic E-state index is 13.2. The van der Waals surface area contributed by atoms with E-state index < -0.39 is 0 Å². The number of rotatable bonds is 3. The molecule has 3 aromatic heterocycles. The predicted molar refractivity (Wildman–Crippen MR) is 117 cm³/mol. The molecule has 0 N–H and O–H groups in total. The van der Waals surface area contributed by atoms with Crippen LogP contribution in [0.5, 0.6) is 0 Å². The van der Waals surface area contributed by atoms with Crippen LogP contribution in [0.2, 0.25) is 0 Å². The zero-order chi connectivity index (χ0) is 20.0. The lowest BCUT2D eigenvalue weighted by atomic mass is 9.99. The van der Waals surface area contributed by atoms with Crippen LogP contribution in [0.1, 0.15) is 23.2 Å². The summed E-state index contributed by atoms with van der Waals surface area (Å²) in [4.78, 5) is 20.9. The van der Waals surface area contributed by atoms with Crippen molar-refractivity contribution in [2.75, 3.05) is 11.4 Å². The van der Waals surface area contributed by atoms with E-state index in [1.54, 1.807) is 22.2 Å². The Kier molecular flexibility index (Phi) is 4.43. The summed E-state index contributed by atoms with van der Waals surface area (Å²) in [6, 6.07) is 12.5. The van der Waals surface area contributed by atoms with Crippen molar-refractivity contribution in [2.45, 2.75) is 33.2 Å². The number of anilines is 1. The number of aromatic nitrogens is 3. The van der Waals surface area contributed by atoms with Crippen molar-refractivity contribution in [1.82, 2.24) is 14.8 Å². The molecular formula is C23H22N4OS. The lowest BCUT2D eigenvalue weighted by molar-refractivity contribution is -0.119. The predicted octanol–water partition coefficient (Wildman–Crippen LogP) is 4.76. The molecule has 29 heavy (non-hydrogen) atoms. The fraction of sp³-hybridized carbons (Fsp3) is 0.261. The molecule has 146 valence electrons. The lowest BCUT2D eigenvalue weighted by Gasteiger charge is -2.29. The number of amides is 1. The summed E-state index contributed by atoms with van der Waals surface area (Å²) in [5.41, 5.74) is 6.32. The molecule has 1 amide bonds. The van der Waals surface area contributed by atoms with Gasteiger partial charge in [-0.3, -0.25) is 4.79 Å². The van der Waals surface area contributed by atoms with Crippen LogP contribution in [-0.2, 0) is 17.8 Å². The zero-order valence-electron chi connectivity index (χ0n) is 16.6. The largest absolute Gasteiger partial charge is 0.311 e. The Morgan fingerprint density at radius 1 is 1.21 bits per heavy atom. The van der Waals surface area contributed by atoms with Gasteiger partial charge in [-0.25, -0.2) is 9.67 Å². The first-order valence-corrected chi connectivity index (χ1v) is 10.8. The number of pyridine rings is 1. The normalized spacial score (nSPS) is 13.7. The molecule has 0 bridgehead atoms. The summed E-state index contributed by atoms with van der Waals surface area (Å²) in [6.07, 6.45) is 3.82. The van der Waals surface area contributed by atoms with Gasteiger partial charge in [0.05, 0.1) is 11.1 Å². The highest BCUT2D eigenvalue weighted by atomic mass is 32.1. The minimum atomic E-state index is 0.0579. The van der Waals surface area contributed by atoms with Gasteiger partial charge in [0, 0.05) is 28.9 Å². The monoisotopic (exact) mass is 402 g/mol. The van der Waals surface area contributed by atoms with Crippen molar-refractivity contribution in [3.63, 3.8) is 0 Å². The first-order chi connectivity index (χ1) is 14.1. The summed E-state index contributed by atoms with van der Waals surface area (Å²) >= 11 is 1.70. The molecular weight excluding hydrogens is 380 g/mol. The summed E-state index contributed by atoms with van der Waals surface area (Å²) in [6.45, 7) is 5.02. The van der Waals surface area contributed by atoms with E-state index in [4.69, 9.17) is 0 Å². The molecule has 1 aliphatic rings. The van der Waals surface area contributed by atoms with E-state index in [-0.39, 0.29) is 12.5 Å². The Morgan fingerprint density at radius 3 is 2.93 bits per heavy atom. The third-order valence-electron chi connectivity index (χ3n) is 5.53. The highest BCUT2D eigenvalue weighted by Gasteiger charge is 2.24. The van der Waals surface area contributed by atoms with Gasteiger partial charge in [-0.05, 0) is 55.8 Å². The van der Waals surface area contributed by atoms with Gasteiger partial charge in [-0.15, -0.1) is 11.3 Å². The minimum absolute atomic E-state index is 0.0579. The number of carbonyl (C=O) groups excluding carboxylic acids is 1. The first-order valence-electron chi connectivity index (χ1n) is 9.88. The highest BCUT2D eigenvalue weighted by Crippen LogP contribution is 2.33. The van der Waals surface area contributed by atoms with Crippen LogP contribution in [0.4, 0.5) is 5.69 Å². The van der Waals surface area contributed by atoms with Gasteiger partial charge in [-0.1, -0.05) is 23.8 Å². The number of benzene rings is 1. The topological polar surface area (TPSA) is 51.0 Å². The third-order valence-corrected chi connectivity index (χ3v) is 6.44. The lowest BCUT2D eigenvalue weighted by Crippen LogP contribution is -2.38. The van der Waals surface area contributed by atoms with Crippen LogP contribution in [0.15, 0.2) is 48.0 Å². The van der Waals surface area contributed by atoms with E-state index in [0.717, 1.165) is 47.4 Å². The molecule has 1 aliphatic heterocycles. The quantitative estimate of drug-likeness (QED) is 0.497. The van der Waals surface area contributed by atoms with Gasteiger partial charge in [0.1, 0.15) is 6.54 Å². The first kappa shape index (κ1) is 18.1. The van der Waals surface area contributed by atoms with Crippen LogP contribution < -0.4 is 4.90 Å². The van der Waals surface area contributed by atoms with Crippen LogP contribution in [0, 0.1) is 13.8 Å². The Labute approximate surface area is 173 Å². The zero-order valence-corrected chi connectivity index (χ0v) is 17.4. The molecule has 0 atom stereocenters. The second-order valence-electron chi connectivity index (χ2n) is 7.56. The Balaban J connectivity index is 1.51. The van der Waals surface area contributed by atoms with Crippen molar-refractivity contribution >= 4 is 34.0 Å². The minimum Gasteiger partial charge on any atom is -0.311 e. The molecule has 0 fully saturated rings. The van der Waals surface area contributed by atoms with Gasteiger partial charge in [0.2, 0.25) is 5.91 Å². The molecule has 6 heteroatoms. The number of aryl methyl sites for hydroxylation is 3. The van der Waals surface area contributed by atoms with Gasteiger partial charge < -0.3 is 4.90 Å². The SMILES string of the molecule is Cc1ccc2c(c1)CCCN2C(=O)Cn1nc(C)c2c(-c3cccs3)ccnc21. The Hall–Kier alpha value is -2.99. The van der Waals surface area contributed by atoms with E-state index in [2.05, 4.69) is 46.7 Å². The second-order valence-corrected chi connectivity index (χ2v) is 8.51. The van der Waals surface area contributed by atoms with E-state index in [1.165, 1.54) is 16.0 Å². The number of thiophene rings is 1. The van der Waals surface area contributed by atoms with Crippen LogP contribution in [0.25, 0.3) is 21.5 Å². The van der Waals surface area contributed by atoms with Crippen molar-refractivity contribution in [1.29, 1.82) is 0 Å². The van der Waals surface area contributed by atoms with Crippen LogP contribution in [-0.4, -0.2) is 27.2 Å². The standard InChI is InChI=1S/C23H22N4OS/c1-15-7-8-19-17(13-15)5-3-11-26(19)21(28)14-27-23-22(16(2)25-27)18(9-10-24-23)20-6-4-12-29-20/h4,6-10,12-13H,3,5,11,14H2,1-2H3. The number of hydrogen-bond acceptors (Lipinski definition) is 4. The molecule has 0 unspecified atom stereocenters. The molecule has 0 spiro atoms. The molecule has 0 aliphatic carbocycles. The van der Waals surface area contributed by atoms with E-state index in [1.807, 2.05) is 24.0 Å². The molecule has 0 saturated heterocycles. The molecule has 0 saturated carbocycles. The number of fused-ring (bicyclic) bond motifs is 2. The summed E-state index contributed by atoms with van der Waals surface area (Å²) < 4.78 is 1.76. The van der Waals surface area contributed by atoms with Crippen LogP contribution >= 0.6 is 11.3 Å². The summed E-state index contributed by atoms with van der Waals surface area (Å²) in [5.74, 6) is 0.0579. The second kappa shape index (κ2) is 7.12. The van der Waals surface area contributed by atoms with Crippen LogP contribution in [0.3, 0.4) is 0 Å². The number of nitrogens with zero attached hydrogens (tertiary/aromatic N) is 4. The average Bonchev–Trinajstić information content (AvgIpc) is 3.36.